The monoisotopic (exact) mass is 242 g/mol. The maximum Gasteiger partial charge on any atom is 0.348 e. The highest BCUT2D eigenvalue weighted by Crippen LogP contribution is 2.31. The molecule has 2 N–H and O–H groups in total. The first-order valence-electron chi connectivity index (χ1n) is 4.48. The summed E-state index contributed by atoms with van der Waals surface area (Å²) in [6.45, 7) is 3.92. The Balaban J connectivity index is 2.59. The summed E-state index contributed by atoms with van der Waals surface area (Å²) in [5.74, 6) is 0.0239. The summed E-state index contributed by atoms with van der Waals surface area (Å²) < 4.78 is 0. The van der Waals surface area contributed by atoms with Crippen molar-refractivity contribution in [3.8, 4) is 0 Å². The average molecular weight is 242 g/mol. The van der Waals surface area contributed by atoms with Gasteiger partial charge < -0.3 is 10.1 Å². The Morgan fingerprint density at radius 3 is 3.00 bits per heavy atom. The lowest BCUT2D eigenvalue weighted by atomic mass is 10.3. The Bertz CT molecular complexity index is 515. The highest BCUT2D eigenvalue weighted by Gasteiger charge is 2.18. The molecular formula is C9H10N2O2S2. The number of nitrogens with zero attached hydrogens (tertiary/aromatic N) is 1. The number of aromatic nitrogens is 2. The summed E-state index contributed by atoms with van der Waals surface area (Å²) in [5, 5.41) is 9.78. The number of aromatic amines is 1. The number of carboxylic acid groups (broad SMARTS) is 1. The zero-order valence-corrected chi connectivity index (χ0v) is 9.96. The summed E-state index contributed by atoms with van der Waals surface area (Å²) in [7, 11) is 0. The van der Waals surface area contributed by atoms with E-state index in [-0.39, 0.29) is 0 Å². The molecule has 0 saturated carbocycles. The fraction of sp³-hybridized carbons (Fsp3) is 0.333. The predicted molar refractivity (Wildman–Crippen MR) is 62.1 cm³/mol. The molecule has 2 rings (SSSR count). The Labute approximate surface area is 94.7 Å². The van der Waals surface area contributed by atoms with E-state index >= 15 is 0 Å². The van der Waals surface area contributed by atoms with Gasteiger partial charge in [-0.3, -0.25) is 0 Å². The number of carboxylic acids is 1. The Hall–Kier alpha value is -1.01. The van der Waals surface area contributed by atoms with Gasteiger partial charge in [0, 0.05) is 4.88 Å². The molecular weight excluding hydrogens is 232 g/mol. The molecule has 0 aromatic carbocycles. The zero-order chi connectivity index (χ0) is 11.0. The van der Waals surface area contributed by atoms with E-state index in [1.165, 1.54) is 11.3 Å². The third-order valence-electron chi connectivity index (χ3n) is 1.97. The molecule has 0 unspecified atom stereocenters. The first-order valence-corrected chi connectivity index (χ1v) is 6.29. The Kier molecular flexibility index (Phi) is 2.70. The average Bonchev–Trinajstić information content (AvgIpc) is 2.68. The van der Waals surface area contributed by atoms with Crippen LogP contribution in [0.25, 0.3) is 11.0 Å². The van der Waals surface area contributed by atoms with Gasteiger partial charge in [-0.15, -0.1) is 11.3 Å². The zero-order valence-electron chi connectivity index (χ0n) is 8.33. The molecule has 0 fully saturated rings. The molecule has 2 heterocycles. The summed E-state index contributed by atoms with van der Waals surface area (Å²) in [5.41, 5.74) is 1.44. The van der Waals surface area contributed by atoms with Gasteiger partial charge in [0.25, 0.3) is 0 Å². The highest BCUT2D eigenvalue weighted by atomic mass is 32.2. The van der Waals surface area contributed by atoms with Crippen LogP contribution in [0, 0.1) is 6.92 Å². The van der Waals surface area contributed by atoms with Gasteiger partial charge in [0.05, 0.1) is 5.52 Å². The van der Waals surface area contributed by atoms with E-state index in [4.69, 9.17) is 5.11 Å². The Morgan fingerprint density at radius 2 is 2.40 bits per heavy atom. The summed E-state index contributed by atoms with van der Waals surface area (Å²) in [4.78, 5) is 19.7. The van der Waals surface area contributed by atoms with Crippen molar-refractivity contribution in [2.24, 2.45) is 0 Å². The van der Waals surface area contributed by atoms with Crippen LogP contribution in [0.5, 0.6) is 0 Å². The predicted octanol–water partition coefficient (Wildman–Crippen LogP) is 2.74. The smallest absolute Gasteiger partial charge is 0.348 e. The standard InChI is InChI=1S/C9H10N2O2S2/c1-3-14-9-10-5-4(2)15-7(8(12)13)6(5)11-9/h3H2,1-2H3,(H,10,11)(H,12,13). The fourth-order valence-electron chi connectivity index (χ4n) is 1.38. The van der Waals surface area contributed by atoms with Crippen LogP contribution in [0.15, 0.2) is 5.16 Å². The molecule has 0 aliphatic rings. The molecule has 15 heavy (non-hydrogen) atoms. The third-order valence-corrected chi connectivity index (χ3v) is 3.81. The van der Waals surface area contributed by atoms with Crippen LogP contribution < -0.4 is 0 Å². The van der Waals surface area contributed by atoms with Gasteiger partial charge in [-0.1, -0.05) is 18.7 Å². The molecule has 0 amide bonds. The van der Waals surface area contributed by atoms with E-state index in [0.717, 1.165) is 21.3 Å². The second kappa shape index (κ2) is 3.86. The van der Waals surface area contributed by atoms with Crippen LogP contribution in [0.4, 0.5) is 0 Å². The van der Waals surface area contributed by atoms with E-state index in [1.807, 2.05) is 13.8 Å². The first kappa shape index (κ1) is 10.5. The molecule has 0 spiro atoms. The van der Waals surface area contributed by atoms with Crippen molar-refractivity contribution in [3.05, 3.63) is 9.75 Å². The van der Waals surface area contributed by atoms with E-state index in [9.17, 15) is 4.79 Å². The molecule has 0 aliphatic carbocycles. The minimum Gasteiger partial charge on any atom is -0.477 e. The topological polar surface area (TPSA) is 66.0 Å². The normalized spacial score (nSPS) is 11.1. The maximum atomic E-state index is 11.0. The van der Waals surface area contributed by atoms with Crippen LogP contribution in [0.1, 0.15) is 21.5 Å². The lowest BCUT2D eigenvalue weighted by molar-refractivity contribution is 0.0704. The maximum absolute atomic E-state index is 11.0. The van der Waals surface area contributed by atoms with E-state index in [0.29, 0.717) is 10.4 Å². The molecule has 0 bridgehead atoms. The lowest BCUT2D eigenvalue weighted by Gasteiger charge is -1.90. The number of hydrogen-bond acceptors (Lipinski definition) is 4. The SMILES string of the molecule is CCSc1nc2c(C)sc(C(=O)O)c2[nH]1. The number of aromatic carboxylic acids is 1. The van der Waals surface area contributed by atoms with E-state index in [2.05, 4.69) is 9.97 Å². The number of thiophene rings is 1. The van der Waals surface area contributed by atoms with Crippen molar-refractivity contribution >= 4 is 40.1 Å². The molecule has 2 aromatic rings. The molecule has 6 heteroatoms. The van der Waals surface area contributed by atoms with Crippen LogP contribution >= 0.6 is 23.1 Å². The van der Waals surface area contributed by atoms with Crippen molar-refractivity contribution in [2.45, 2.75) is 19.0 Å². The van der Waals surface area contributed by atoms with Crippen LogP contribution in [0.2, 0.25) is 0 Å². The van der Waals surface area contributed by atoms with Crippen molar-refractivity contribution in [3.63, 3.8) is 0 Å². The molecule has 2 aromatic heterocycles. The summed E-state index contributed by atoms with van der Waals surface area (Å²) in [6.07, 6.45) is 0. The van der Waals surface area contributed by atoms with Crippen molar-refractivity contribution in [1.29, 1.82) is 0 Å². The van der Waals surface area contributed by atoms with Crippen LogP contribution in [0.3, 0.4) is 0 Å². The van der Waals surface area contributed by atoms with Crippen LogP contribution in [-0.4, -0.2) is 26.8 Å². The highest BCUT2D eigenvalue weighted by molar-refractivity contribution is 7.99. The largest absolute Gasteiger partial charge is 0.477 e. The van der Waals surface area contributed by atoms with Gasteiger partial charge in [0.1, 0.15) is 10.4 Å². The molecule has 0 aliphatic heterocycles. The quantitative estimate of drug-likeness (QED) is 0.812. The van der Waals surface area contributed by atoms with Crippen molar-refractivity contribution in [2.75, 3.05) is 5.75 Å². The number of H-pyrrole nitrogens is 1. The van der Waals surface area contributed by atoms with Gasteiger partial charge in [0.2, 0.25) is 0 Å². The Morgan fingerprint density at radius 1 is 1.67 bits per heavy atom. The number of rotatable bonds is 3. The van der Waals surface area contributed by atoms with Gasteiger partial charge in [-0.2, -0.15) is 0 Å². The fourth-order valence-corrected chi connectivity index (χ4v) is 2.87. The third kappa shape index (κ3) is 1.74. The minimum absolute atomic E-state index is 0.345. The first-order chi connectivity index (χ1) is 7.13. The lowest BCUT2D eigenvalue weighted by Crippen LogP contribution is -1.92. The molecule has 0 saturated heterocycles. The van der Waals surface area contributed by atoms with Gasteiger partial charge >= 0.3 is 5.97 Å². The molecule has 0 atom stereocenters. The molecule has 80 valence electrons. The number of hydrogen-bond donors (Lipinski definition) is 2. The van der Waals surface area contributed by atoms with Gasteiger partial charge in [0.15, 0.2) is 5.16 Å². The number of aryl methyl sites for hydroxylation is 1. The van der Waals surface area contributed by atoms with Crippen molar-refractivity contribution in [1.82, 2.24) is 9.97 Å². The molecule has 4 nitrogen and oxygen atoms in total. The number of imidazole rings is 1. The summed E-state index contributed by atoms with van der Waals surface area (Å²) in [6, 6.07) is 0. The molecule has 0 radical (unpaired) electrons. The van der Waals surface area contributed by atoms with Gasteiger partial charge in [-0.25, -0.2) is 9.78 Å². The van der Waals surface area contributed by atoms with Crippen LogP contribution in [-0.2, 0) is 0 Å². The number of thioether (sulfide) groups is 1. The second-order valence-corrected chi connectivity index (χ2v) is 5.47. The van der Waals surface area contributed by atoms with E-state index in [1.54, 1.807) is 11.8 Å². The minimum atomic E-state index is -0.894. The number of nitrogens with one attached hydrogen (secondary N) is 1. The number of fused-ring (bicyclic) bond motifs is 1. The summed E-state index contributed by atoms with van der Waals surface area (Å²) >= 11 is 2.85. The van der Waals surface area contributed by atoms with Crippen molar-refractivity contribution < 1.29 is 9.90 Å². The second-order valence-electron chi connectivity index (χ2n) is 2.99. The van der Waals surface area contributed by atoms with E-state index < -0.39 is 5.97 Å². The van der Waals surface area contributed by atoms with Gasteiger partial charge in [-0.05, 0) is 12.7 Å². The number of carbonyl (C=O) groups is 1.